The molecule has 1 fully saturated rings. The highest BCUT2D eigenvalue weighted by atomic mass is 35.5. The van der Waals surface area contributed by atoms with E-state index in [1.165, 1.54) is 4.88 Å². The van der Waals surface area contributed by atoms with E-state index < -0.39 is 5.60 Å². The Hall–Kier alpha value is -0.200. The Morgan fingerprint density at radius 1 is 1.33 bits per heavy atom. The molecular weight excluding hydrogens is 270 g/mol. The molecule has 18 heavy (non-hydrogen) atoms. The molecule has 0 atom stereocenters. The van der Waals surface area contributed by atoms with Gasteiger partial charge in [-0.15, -0.1) is 11.3 Å². The number of hydrogen-bond acceptors (Lipinski definition) is 5. The van der Waals surface area contributed by atoms with Crippen molar-refractivity contribution in [1.82, 2.24) is 14.8 Å². The van der Waals surface area contributed by atoms with Crippen molar-refractivity contribution in [1.29, 1.82) is 0 Å². The van der Waals surface area contributed by atoms with E-state index in [-0.39, 0.29) is 0 Å². The Balaban J connectivity index is 1.77. The summed E-state index contributed by atoms with van der Waals surface area (Å²) < 4.78 is 0.616. The molecule has 1 aliphatic rings. The van der Waals surface area contributed by atoms with Gasteiger partial charge in [-0.25, -0.2) is 4.98 Å². The lowest BCUT2D eigenvalue weighted by atomic mass is 10.1. The first kappa shape index (κ1) is 14.2. The summed E-state index contributed by atoms with van der Waals surface area (Å²) in [5.41, 5.74) is -0.604. The number of aliphatic hydroxyl groups is 1. The zero-order chi connectivity index (χ0) is 13.2. The molecule has 1 aromatic rings. The van der Waals surface area contributed by atoms with Crippen LogP contribution in [0.3, 0.4) is 0 Å². The highest BCUT2D eigenvalue weighted by molar-refractivity contribution is 7.15. The normalized spacial score (nSPS) is 19.3. The Kier molecular flexibility index (Phi) is 4.61. The quantitative estimate of drug-likeness (QED) is 0.916. The van der Waals surface area contributed by atoms with E-state index in [2.05, 4.69) is 14.8 Å². The van der Waals surface area contributed by atoms with Crippen molar-refractivity contribution < 1.29 is 5.11 Å². The minimum Gasteiger partial charge on any atom is -0.389 e. The number of aromatic nitrogens is 1. The molecule has 1 N–H and O–H groups in total. The van der Waals surface area contributed by atoms with Crippen LogP contribution < -0.4 is 0 Å². The molecule has 102 valence electrons. The minimum atomic E-state index is -0.604. The van der Waals surface area contributed by atoms with Gasteiger partial charge in [-0.1, -0.05) is 11.6 Å². The Morgan fingerprint density at radius 3 is 2.44 bits per heavy atom. The molecule has 2 heterocycles. The molecule has 0 spiro atoms. The lowest BCUT2D eigenvalue weighted by Crippen LogP contribution is -2.50. The summed E-state index contributed by atoms with van der Waals surface area (Å²) in [6.45, 7) is 9.48. The first-order valence-electron chi connectivity index (χ1n) is 6.20. The molecule has 0 bridgehead atoms. The van der Waals surface area contributed by atoms with Crippen molar-refractivity contribution in [2.45, 2.75) is 26.0 Å². The maximum atomic E-state index is 9.80. The van der Waals surface area contributed by atoms with Crippen LogP contribution in [0.4, 0.5) is 0 Å². The number of hydrogen-bond donors (Lipinski definition) is 1. The summed E-state index contributed by atoms with van der Waals surface area (Å²) in [6.07, 6.45) is 1.86. The second kappa shape index (κ2) is 5.84. The SMILES string of the molecule is CC(C)(O)CN1CCN(Cc2cnc(Cl)s2)CC1. The van der Waals surface area contributed by atoms with Gasteiger partial charge in [0.25, 0.3) is 0 Å². The smallest absolute Gasteiger partial charge is 0.183 e. The van der Waals surface area contributed by atoms with Gasteiger partial charge in [0.2, 0.25) is 0 Å². The van der Waals surface area contributed by atoms with Crippen molar-refractivity contribution in [3.63, 3.8) is 0 Å². The van der Waals surface area contributed by atoms with Crippen molar-refractivity contribution in [3.8, 4) is 0 Å². The van der Waals surface area contributed by atoms with Gasteiger partial charge in [0.05, 0.1) is 5.60 Å². The van der Waals surface area contributed by atoms with Gasteiger partial charge < -0.3 is 5.11 Å². The highest BCUT2D eigenvalue weighted by Crippen LogP contribution is 2.20. The van der Waals surface area contributed by atoms with Gasteiger partial charge in [-0.3, -0.25) is 9.80 Å². The Morgan fingerprint density at radius 2 is 1.94 bits per heavy atom. The molecule has 2 rings (SSSR count). The molecule has 1 saturated heterocycles. The summed E-state index contributed by atoms with van der Waals surface area (Å²) in [5.74, 6) is 0. The van der Waals surface area contributed by atoms with Crippen LogP contribution in [0.15, 0.2) is 6.20 Å². The first-order valence-corrected chi connectivity index (χ1v) is 7.39. The summed E-state index contributed by atoms with van der Waals surface area (Å²) in [6, 6.07) is 0. The minimum absolute atomic E-state index is 0.604. The summed E-state index contributed by atoms with van der Waals surface area (Å²) in [5, 5.41) is 9.80. The fraction of sp³-hybridized carbons (Fsp3) is 0.750. The molecular formula is C12H20ClN3OS. The molecule has 0 radical (unpaired) electrons. The standard InChI is InChI=1S/C12H20ClN3OS/c1-12(2,17)9-16-5-3-15(4-6-16)8-10-7-14-11(13)18-10/h7,17H,3-6,8-9H2,1-2H3. The third-order valence-electron chi connectivity index (χ3n) is 2.98. The van der Waals surface area contributed by atoms with Gasteiger partial charge >= 0.3 is 0 Å². The molecule has 0 aromatic carbocycles. The van der Waals surface area contributed by atoms with Crippen molar-refractivity contribution in [3.05, 3.63) is 15.5 Å². The molecule has 6 heteroatoms. The van der Waals surface area contributed by atoms with E-state index in [0.29, 0.717) is 4.47 Å². The highest BCUT2D eigenvalue weighted by Gasteiger charge is 2.22. The Labute approximate surface area is 117 Å². The fourth-order valence-electron chi connectivity index (χ4n) is 2.23. The third kappa shape index (κ3) is 4.48. The number of halogens is 1. The van der Waals surface area contributed by atoms with Crippen LogP contribution in [0, 0.1) is 0 Å². The van der Waals surface area contributed by atoms with E-state index in [1.807, 2.05) is 20.0 Å². The van der Waals surface area contributed by atoms with E-state index >= 15 is 0 Å². The van der Waals surface area contributed by atoms with Crippen molar-refractivity contribution >= 4 is 22.9 Å². The maximum absolute atomic E-state index is 9.80. The monoisotopic (exact) mass is 289 g/mol. The zero-order valence-electron chi connectivity index (χ0n) is 10.9. The van der Waals surface area contributed by atoms with Crippen molar-refractivity contribution in [2.75, 3.05) is 32.7 Å². The van der Waals surface area contributed by atoms with Gasteiger partial charge in [-0.05, 0) is 13.8 Å². The lowest BCUT2D eigenvalue weighted by Gasteiger charge is -2.37. The molecule has 0 amide bonds. The van der Waals surface area contributed by atoms with Crippen LogP contribution in [0.1, 0.15) is 18.7 Å². The van der Waals surface area contributed by atoms with Crippen LogP contribution in [0.5, 0.6) is 0 Å². The largest absolute Gasteiger partial charge is 0.389 e. The zero-order valence-corrected chi connectivity index (χ0v) is 12.5. The summed E-state index contributed by atoms with van der Waals surface area (Å²) >= 11 is 7.38. The molecule has 0 saturated carbocycles. The van der Waals surface area contributed by atoms with Gasteiger partial charge in [0.15, 0.2) is 4.47 Å². The van der Waals surface area contributed by atoms with Crippen molar-refractivity contribution in [2.24, 2.45) is 0 Å². The number of rotatable bonds is 4. The molecule has 1 aromatic heterocycles. The lowest BCUT2D eigenvalue weighted by molar-refractivity contribution is 0.0168. The van der Waals surface area contributed by atoms with E-state index in [1.54, 1.807) is 11.3 Å². The number of β-amino-alcohol motifs (C(OH)–C–C–N with tert-alkyl or cyclic N) is 1. The van der Waals surface area contributed by atoms with E-state index in [9.17, 15) is 5.11 Å². The predicted molar refractivity (Wildman–Crippen MR) is 75.1 cm³/mol. The van der Waals surface area contributed by atoms with Gasteiger partial charge in [-0.2, -0.15) is 0 Å². The van der Waals surface area contributed by atoms with Gasteiger partial charge in [0, 0.05) is 50.3 Å². The maximum Gasteiger partial charge on any atom is 0.183 e. The fourth-order valence-corrected chi connectivity index (χ4v) is 3.25. The number of piperazine rings is 1. The summed E-state index contributed by atoms with van der Waals surface area (Å²) in [7, 11) is 0. The van der Waals surface area contributed by atoms with Gasteiger partial charge in [0.1, 0.15) is 0 Å². The van der Waals surface area contributed by atoms with Crippen LogP contribution in [-0.4, -0.2) is 58.2 Å². The second-order valence-electron chi connectivity index (χ2n) is 5.44. The molecule has 4 nitrogen and oxygen atoms in total. The number of nitrogens with zero attached hydrogens (tertiary/aromatic N) is 3. The Bertz CT molecular complexity index is 383. The first-order chi connectivity index (χ1) is 8.42. The van der Waals surface area contributed by atoms with Crippen LogP contribution in [-0.2, 0) is 6.54 Å². The van der Waals surface area contributed by atoms with Crippen LogP contribution in [0.2, 0.25) is 4.47 Å². The average molecular weight is 290 g/mol. The van der Waals surface area contributed by atoms with E-state index in [4.69, 9.17) is 11.6 Å². The molecule has 1 aliphatic heterocycles. The molecule has 0 unspecified atom stereocenters. The predicted octanol–water partition coefficient (Wildman–Crippen LogP) is 1.68. The number of thiazole rings is 1. The summed E-state index contributed by atoms with van der Waals surface area (Å²) in [4.78, 5) is 10.0. The van der Waals surface area contributed by atoms with Crippen LogP contribution in [0.25, 0.3) is 0 Å². The molecule has 0 aliphatic carbocycles. The third-order valence-corrected chi connectivity index (χ3v) is 4.08. The van der Waals surface area contributed by atoms with E-state index in [0.717, 1.165) is 39.3 Å². The second-order valence-corrected chi connectivity index (χ2v) is 7.14. The van der Waals surface area contributed by atoms with Crippen LogP contribution >= 0.6 is 22.9 Å². The average Bonchev–Trinajstić information content (AvgIpc) is 2.65. The topological polar surface area (TPSA) is 39.6 Å².